The lowest BCUT2D eigenvalue weighted by atomic mass is 10.1. The summed E-state index contributed by atoms with van der Waals surface area (Å²) >= 11 is 0. The van der Waals surface area contributed by atoms with Crippen LogP contribution in [0.2, 0.25) is 0 Å². The molecule has 2 aromatic carbocycles. The summed E-state index contributed by atoms with van der Waals surface area (Å²) in [5, 5.41) is 8.99. The Morgan fingerprint density at radius 1 is 1.13 bits per heavy atom. The van der Waals surface area contributed by atoms with Gasteiger partial charge in [-0.25, -0.2) is 8.42 Å². The van der Waals surface area contributed by atoms with E-state index in [0.29, 0.717) is 49.9 Å². The van der Waals surface area contributed by atoms with Crippen molar-refractivity contribution < 1.29 is 22.7 Å². The second-order valence-corrected chi connectivity index (χ2v) is 8.77. The number of hydrogen-bond acceptors (Lipinski definition) is 6. The Morgan fingerprint density at radius 3 is 2.35 bits per heavy atom. The maximum absolute atomic E-state index is 13.1. The minimum absolute atomic E-state index is 0.135. The van der Waals surface area contributed by atoms with Gasteiger partial charge in [0.25, 0.3) is 5.91 Å². The Bertz CT molecular complexity index is 1020. The largest absolute Gasteiger partial charge is 0.494 e. The van der Waals surface area contributed by atoms with Crippen molar-refractivity contribution in [1.82, 2.24) is 4.31 Å². The summed E-state index contributed by atoms with van der Waals surface area (Å²) < 4.78 is 37.6. The quantitative estimate of drug-likeness (QED) is 0.622. The molecular weight excluding hydrogens is 418 g/mol. The van der Waals surface area contributed by atoms with Crippen LogP contribution >= 0.6 is 0 Å². The molecule has 1 heterocycles. The zero-order chi connectivity index (χ0) is 22.3. The number of carbonyl (C=O) groups is 1. The van der Waals surface area contributed by atoms with Crippen molar-refractivity contribution in [2.45, 2.75) is 18.2 Å². The van der Waals surface area contributed by atoms with E-state index in [0.717, 1.165) is 0 Å². The Labute approximate surface area is 182 Å². The molecule has 3 rings (SSSR count). The van der Waals surface area contributed by atoms with Gasteiger partial charge in [0, 0.05) is 30.9 Å². The van der Waals surface area contributed by atoms with E-state index in [1.54, 1.807) is 24.3 Å². The number of nitrogens with zero attached hydrogens (tertiary/aromatic N) is 3. The number of rotatable bonds is 8. The topological polar surface area (TPSA) is 99.9 Å². The van der Waals surface area contributed by atoms with Crippen LogP contribution < -0.4 is 9.64 Å². The van der Waals surface area contributed by atoms with Gasteiger partial charge in [-0.2, -0.15) is 9.57 Å². The number of amides is 1. The third kappa shape index (κ3) is 5.41. The van der Waals surface area contributed by atoms with Crippen LogP contribution in [-0.2, 0) is 14.8 Å². The lowest BCUT2D eigenvalue weighted by molar-refractivity contribution is 0.0730. The van der Waals surface area contributed by atoms with Gasteiger partial charge >= 0.3 is 0 Å². The van der Waals surface area contributed by atoms with Crippen LogP contribution in [0.25, 0.3) is 0 Å². The van der Waals surface area contributed by atoms with Gasteiger partial charge in [0.1, 0.15) is 5.75 Å². The van der Waals surface area contributed by atoms with Crippen LogP contribution in [-0.4, -0.2) is 58.1 Å². The van der Waals surface area contributed by atoms with Crippen LogP contribution in [0.4, 0.5) is 5.69 Å². The molecular formula is C22H25N3O5S. The Hall–Kier alpha value is -2.93. The van der Waals surface area contributed by atoms with Crippen molar-refractivity contribution in [2.75, 3.05) is 44.4 Å². The van der Waals surface area contributed by atoms with Crippen molar-refractivity contribution in [3.63, 3.8) is 0 Å². The van der Waals surface area contributed by atoms with Gasteiger partial charge in [-0.15, -0.1) is 0 Å². The molecule has 0 saturated carbocycles. The second-order valence-electron chi connectivity index (χ2n) is 6.83. The molecule has 1 fully saturated rings. The first kappa shape index (κ1) is 22.7. The summed E-state index contributed by atoms with van der Waals surface area (Å²) in [6.07, 6.45) is 0.169. The van der Waals surface area contributed by atoms with Gasteiger partial charge in [0.2, 0.25) is 10.0 Å². The average Bonchev–Trinajstić information content (AvgIpc) is 2.81. The van der Waals surface area contributed by atoms with E-state index >= 15 is 0 Å². The fourth-order valence-electron chi connectivity index (χ4n) is 3.26. The van der Waals surface area contributed by atoms with E-state index in [1.807, 2.05) is 6.92 Å². The van der Waals surface area contributed by atoms with Crippen molar-refractivity contribution in [3.8, 4) is 11.8 Å². The molecule has 1 aliphatic rings. The van der Waals surface area contributed by atoms with Crippen LogP contribution in [0.3, 0.4) is 0 Å². The summed E-state index contributed by atoms with van der Waals surface area (Å²) in [6.45, 7) is 4.00. The highest BCUT2D eigenvalue weighted by atomic mass is 32.2. The second kappa shape index (κ2) is 10.4. The minimum atomic E-state index is -3.63. The molecule has 0 radical (unpaired) electrons. The molecule has 0 spiro atoms. The number of ether oxygens (including phenoxy) is 2. The molecule has 1 saturated heterocycles. The number of sulfonamides is 1. The SMILES string of the molecule is CCOc1ccc(N(CCC#N)C(=O)c2ccc(S(=O)(=O)N3CCOCC3)cc2)cc1. The Morgan fingerprint density at radius 2 is 1.77 bits per heavy atom. The van der Waals surface area contributed by atoms with Gasteiger partial charge < -0.3 is 14.4 Å². The third-order valence-corrected chi connectivity index (χ3v) is 6.77. The monoisotopic (exact) mass is 443 g/mol. The average molecular weight is 444 g/mol. The van der Waals surface area contributed by atoms with Crippen LogP contribution in [0.1, 0.15) is 23.7 Å². The van der Waals surface area contributed by atoms with E-state index in [-0.39, 0.29) is 23.8 Å². The van der Waals surface area contributed by atoms with Crippen molar-refractivity contribution >= 4 is 21.6 Å². The van der Waals surface area contributed by atoms with Crippen molar-refractivity contribution in [3.05, 3.63) is 54.1 Å². The van der Waals surface area contributed by atoms with Crippen molar-refractivity contribution in [1.29, 1.82) is 5.26 Å². The number of morpholine rings is 1. The molecule has 0 aromatic heterocycles. The first-order valence-corrected chi connectivity index (χ1v) is 11.5. The molecule has 0 bridgehead atoms. The van der Waals surface area contributed by atoms with Crippen molar-refractivity contribution in [2.24, 2.45) is 0 Å². The molecule has 1 aliphatic heterocycles. The smallest absolute Gasteiger partial charge is 0.258 e. The highest BCUT2D eigenvalue weighted by Gasteiger charge is 2.27. The number of hydrogen-bond donors (Lipinski definition) is 0. The number of nitriles is 1. The normalized spacial score (nSPS) is 14.6. The number of carbonyl (C=O) groups excluding carboxylic acids is 1. The lowest BCUT2D eigenvalue weighted by Gasteiger charge is -2.26. The van der Waals surface area contributed by atoms with Gasteiger partial charge in [0.05, 0.1) is 37.2 Å². The fourth-order valence-corrected chi connectivity index (χ4v) is 4.67. The maximum atomic E-state index is 13.1. The Kier molecular flexibility index (Phi) is 7.63. The van der Waals surface area contributed by atoms with Crippen LogP contribution in [0.5, 0.6) is 5.75 Å². The predicted molar refractivity (Wildman–Crippen MR) is 116 cm³/mol. The standard InChI is InChI=1S/C22H25N3O5S/c1-2-30-20-8-6-19(7-9-20)25(13-3-12-23)22(26)18-4-10-21(11-5-18)31(27,28)24-14-16-29-17-15-24/h4-11H,2-3,13-17H2,1H3. The zero-order valence-electron chi connectivity index (χ0n) is 17.4. The molecule has 164 valence electrons. The summed E-state index contributed by atoms with van der Waals surface area (Å²) in [4.78, 5) is 14.8. The van der Waals surface area contributed by atoms with Gasteiger partial charge in [-0.1, -0.05) is 0 Å². The van der Waals surface area contributed by atoms with E-state index in [2.05, 4.69) is 6.07 Å². The first-order chi connectivity index (χ1) is 15.0. The zero-order valence-corrected chi connectivity index (χ0v) is 18.2. The molecule has 2 aromatic rings. The van der Waals surface area contributed by atoms with Gasteiger partial charge in [-0.3, -0.25) is 4.79 Å². The predicted octanol–water partition coefficient (Wildman–Crippen LogP) is 2.67. The summed E-state index contributed by atoms with van der Waals surface area (Å²) in [6, 6.07) is 15.0. The lowest BCUT2D eigenvalue weighted by Crippen LogP contribution is -2.40. The highest BCUT2D eigenvalue weighted by Crippen LogP contribution is 2.23. The fraction of sp³-hybridized carbons (Fsp3) is 0.364. The molecule has 0 aliphatic carbocycles. The van der Waals surface area contributed by atoms with Gasteiger partial charge in [0.15, 0.2) is 0 Å². The molecule has 9 heteroatoms. The molecule has 8 nitrogen and oxygen atoms in total. The van der Waals surface area contributed by atoms with E-state index < -0.39 is 10.0 Å². The van der Waals surface area contributed by atoms with E-state index in [4.69, 9.17) is 14.7 Å². The summed E-state index contributed by atoms with van der Waals surface area (Å²) in [5.41, 5.74) is 0.974. The van der Waals surface area contributed by atoms with Gasteiger partial charge in [-0.05, 0) is 55.5 Å². The first-order valence-electron chi connectivity index (χ1n) is 10.1. The van der Waals surface area contributed by atoms with E-state index in [9.17, 15) is 13.2 Å². The molecule has 0 atom stereocenters. The summed E-state index contributed by atoms with van der Waals surface area (Å²) in [7, 11) is -3.63. The number of benzene rings is 2. The molecule has 31 heavy (non-hydrogen) atoms. The third-order valence-electron chi connectivity index (χ3n) is 4.86. The van der Waals surface area contributed by atoms with Crippen LogP contribution in [0.15, 0.2) is 53.4 Å². The highest BCUT2D eigenvalue weighted by molar-refractivity contribution is 7.89. The Balaban J connectivity index is 1.82. The minimum Gasteiger partial charge on any atom is -0.494 e. The summed E-state index contributed by atoms with van der Waals surface area (Å²) in [5.74, 6) is 0.381. The molecule has 0 N–H and O–H groups in total. The van der Waals surface area contributed by atoms with E-state index in [1.165, 1.54) is 33.5 Å². The molecule has 0 unspecified atom stereocenters. The van der Waals surface area contributed by atoms with Crippen LogP contribution in [0, 0.1) is 11.3 Å². The molecule has 1 amide bonds. The maximum Gasteiger partial charge on any atom is 0.258 e. The number of anilines is 1.